The number of ketones is 1. The third-order valence-corrected chi connectivity index (χ3v) is 4.08. The van der Waals surface area contributed by atoms with Crippen molar-refractivity contribution in [2.24, 2.45) is 0 Å². The molecule has 0 bridgehead atoms. The van der Waals surface area contributed by atoms with Crippen LogP contribution in [-0.4, -0.2) is 11.5 Å². The maximum Gasteiger partial charge on any atom is 0.169 e. The molecular formula is C14H13BrOS. The zero-order valence-corrected chi connectivity index (χ0v) is 11.8. The Hall–Kier alpha value is -0.800. The summed E-state index contributed by atoms with van der Waals surface area (Å²) < 4.78 is 1.09. The molecule has 0 amide bonds. The fraction of sp³-hybridized carbons (Fsp3) is 0.214. The van der Waals surface area contributed by atoms with Gasteiger partial charge in [-0.2, -0.15) is 0 Å². The van der Waals surface area contributed by atoms with Crippen molar-refractivity contribution in [3.63, 3.8) is 0 Å². The van der Waals surface area contributed by atoms with E-state index in [1.165, 1.54) is 5.56 Å². The van der Waals surface area contributed by atoms with Crippen molar-refractivity contribution in [2.45, 2.75) is 12.2 Å². The maximum absolute atomic E-state index is 11.8. The van der Waals surface area contributed by atoms with E-state index in [0.717, 1.165) is 22.2 Å². The molecule has 2 rings (SSSR count). The fourth-order valence-corrected chi connectivity index (χ4v) is 2.75. The first kappa shape index (κ1) is 12.7. The first-order valence-corrected chi connectivity index (χ1v) is 7.41. The Morgan fingerprint density at radius 2 is 2.06 bits per heavy atom. The second kappa shape index (κ2) is 6.22. The standard InChI is InChI=1S/C14H13BrOS/c15-13-7-5-11(6-8-13)9-17-10-14(16)12-3-1-2-4-12/h1-3,5-8H,4,9-10H2. The van der Waals surface area contributed by atoms with Gasteiger partial charge in [0.05, 0.1) is 5.75 Å². The SMILES string of the molecule is O=C(CSCc1ccc(Br)cc1)C1=CC=CC1. The van der Waals surface area contributed by atoms with Crippen LogP contribution in [0, 0.1) is 0 Å². The summed E-state index contributed by atoms with van der Waals surface area (Å²) in [6.45, 7) is 0. The molecule has 17 heavy (non-hydrogen) atoms. The molecule has 0 atom stereocenters. The summed E-state index contributed by atoms with van der Waals surface area (Å²) in [7, 11) is 0. The van der Waals surface area contributed by atoms with Crippen LogP contribution in [0.4, 0.5) is 0 Å². The van der Waals surface area contributed by atoms with Crippen LogP contribution in [0.5, 0.6) is 0 Å². The predicted octanol–water partition coefficient (Wildman–Crippen LogP) is 4.14. The van der Waals surface area contributed by atoms with Gasteiger partial charge in [-0.1, -0.05) is 46.3 Å². The highest BCUT2D eigenvalue weighted by atomic mass is 79.9. The van der Waals surface area contributed by atoms with Gasteiger partial charge in [-0.25, -0.2) is 0 Å². The number of halogens is 1. The average molecular weight is 309 g/mol. The summed E-state index contributed by atoms with van der Waals surface area (Å²) in [4.78, 5) is 11.8. The lowest BCUT2D eigenvalue weighted by molar-refractivity contribution is -0.113. The maximum atomic E-state index is 11.8. The highest BCUT2D eigenvalue weighted by Gasteiger charge is 2.09. The fourth-order valence-electron chi connectivity index (χ4n) is 1.59. The molecule has 3 heteroatoms. The second-order valence-electron chi connectivity index (χ2n) is 3.87. The molecule has 0 N–H and O–H groups in total. The number of carbonyl (C=O) groups is 1. The van der Waals surface area contributed by atoms with E-state index < -0.39 is 0 Å². The third kappa shape index (κ3) is 3.86. The molecule has 1 aliphatic carbocycles. The van der Waals surface area contributed by atoms with E-state index in [-0.39, 0.29) is 5.78 Å². The smallest absolute Gasteiger partial charge is 0.169 e. The number of carbonyl (C=O) groups excluding carboxylic acids is 1. The number of hydrogen-bond donors (Lipinski definition) is 0. The number of hydrogen-bond acceptors (Lipinski definition) is 2. The molecule has 0 unspecified atom stereocenters. The summed E-state index contributed by atoms with van der Waals surface area (Å²) in [5.74, 6) is 1.72. The Morgan fingerprint density at radius 1 is 1.29 bits per heavy atom. The summed E-state index contributed by atoms with van der Waals surface area (Å²) in [5, 5.41) is 0. The molecule has 1 aromatic rings. The Balaban J connectivity index is 1.76. The Morgan fingerprint density at radius 3 is 2.71 bits per heavy atom. The topological polar surface area (TPSA) is 17.1 Å². The second-order valence-corrected chi connectivity index (χ2v) is 5.77. The largest absolute Gasteiger partial charge is 0.294 e. The van der Waals surface area contributed by atoms with E-state index >= 15 is 0 Å². The molecule has 0 radical (unpaired) electrons. The normalized spacial score (nSPS) is 13.8. The molecule has 0 fully saturated rings. The molecular weight excluding hydrogens is 296 g/mol. The van der Waals surface area contributed by atoms with Gasteiger partial charge in [0.1, 0.15) is 0 Å². The van der Waals surface area contributed by atoms with Crippen molar-refractivity contribution < 1.29 is 4.79 Å². The molecule has 0 saturated carbocycles. The Kier molecular flexibility index (Phi) is 4.63. The van der Waals surface area contributed by atoms with Crippen LogP contribution in [-0.2, 0) is 10.5 Å². The van der Waals surface area contributed by atoms with Gasteiger partial charge in [0.15, 0.2) is 5.78 Å². The minimum absolute atomic E-state index is 0.261. The zero-order chi connectivity index (χ0) is 12.1. The number of rotatable bonds is 5. The molecule has 0 aliphatic heterocycles. The average Bonchev–Trinajstić information content (AvgIpc) is 2.85. The lowest BCUT2D eigenvalue weighted by Crippen LogP contribution is -2.04. The minimum Gasteiger partial charge on any atom is -0.294 e. The number of thioether (sulfide) groups is 1. The van der Waals surface area contributed by atoms with E-state index in [1.807, 2.05) is 30.4 Å². The van der Waals surface area contributed by atoms with Gasteiger partial charge in [-0.15, -0.1) is 11.8 Å². The van der Waals surface area contributed by atoms with Crippen molar-refractivity contribution in [1.29, 1.82) is 0 Å². The Labute approximate surface area is 114 Å². The summed E-state index contributed by atoms with van der Waals surface area (Å²) in [6.07, 6.45) is 6.69. The van der Waals surface area contributed by atoms with Crippen LogP contribution in [0.15, 0.2) is 52.5 Å². The molecule has 1 aromatic carbocycles. The van der Waals surface area contributed by atoms with E-state index in [4.69, 9.17) is 0 Å². The molecule has 1 nitrogen and oxygen atoms in total. The van der Waals surface area contributed by atoms with E-state index in [2.05, 4.69) is 28.1 Å². The van der Waals surface area contributed by atoms with Gasteiger partial charge in [0.25, 0.3) is 0 Å². The monoisotopic (exact) mass is 308 g/mol. The molecule has 1 aliphatic rings. The van der Waals surface area contributed by atoms with Crippen LogP contribution in [0.2, 0.25) is 0 Å². The van der Waals surface area contributed by atoms with Crippen molar-refractivity contribution >= 4 is 33.5 Å². The summed E-state index contributed by atoms with van der Waals surface area (Å²) >= 11 is 5.08. The van der Waals surface area contributed by atoms with Gasteiger partial charge in [0.2, 0.25) is 0 Å². The summed E-state index contributed by atoms with van der Waals surface area (Å²) in [6, 6.07) is 8.22. The van der Waals surface area contributed by atoms with Crippen LogP contribution in [0.3, 0.4) is 0 Å². The van der Waals surface area contributed by atoms with Gasteiger partial charge in [0, 0.05) is 10.2 Å². The number of Topliss-reactive ketones (excluding diaryl/α,β-unsaturated/α-hetero) is 1. The highest BCUT2D eigenvalue weighted by Crippen LogP contribution is 2.18. The quantitative estimate of drug-likeness (QED) is 0.813. The first-order chi connectivity index (χ1) is 8.25. The number of allylic oxidation sites excluding steroid dienone is 4. The molecule has 0 saturated heterocycles. The molecule has 0 spiro atoms. The van der Waals surface area contributed by atoms with Gasteiger partial charge < -0.3 is 0 Å². The minimum atomic E-state index is 0.261. The molecule has 0 heterocycles. The van der Waals surface area contributed by atoms with Crippen molar-refractivity contribution in [3.05, 3.63) is 58.1 Å². The van der Waals surface area contributed by atoms with Crippen molar-refractivity contribution in [1.82, 2.24) is 0 Å². The van der Waals surface area contributed by atoms with Crippen molar-refractivity contribution in [2.75, 3.05) is 5.75 Å². The van der Waals surface area contributed by atoms with Crippen molar-refractivity contribution in [3.8, 4) is 0 Å². The number of benzene rings is 1. The molecule has 88 valence electrons. The van der Waals surface area contributed by atoms with Gasteiger partial charge >= 0.3 is 0 Å². The van der Waals surface area contributed by atoms with E-state index in [9.17, 15) is 4.79 Å². The van der Waals surface area contributed by atoms with Gasteiger partial charge in [-0.05, 0) is 29.7 Å². The zero-order valence-electron chi connectivity index (χ0n) is 9.36. The summed E-state index contributed by atoms with van der Waals surface area (Å²) in [5.41, 5.74) is 2.19. The van der Waals surface area contributed by atoms with E-state index in [0.29, 0.717) is 5.75 Å². The van der Waals surface area contributed by atoms with Gasteiger partial charge in [-0.3, -0.25) is 4.79 Å². The third-order valence-electron chi connectivity index (χ3n) is 2.54. The van der Waals surface area contributed by atoms with Crippen LogP contribution < -0.4 is 0 Å². The van der Waals surface area contributed by atoms with Crippen LogP contribution in [0.1, 0.15) is 12.0 Å². The predicted molar refractivity (Wildman–Crippen MR) is 77.2 cm³/mol. The Bertz CT molecular complexity index is 460. The lowest BCUT2D eigenvalue weighted by Gasteiger charge is -2.02. The lowest BCUT2D eigenvalue weighted by atomic mass is 10.2. The molecule has 0 aromatic heterocycles. The first-order valence-electron chi connectivity index (χ1n) is 5.47. The van der Waals surface area contributed by atoms with Crippen LogP contribution in [0.25, 0.3) is 0 Å². The van der Waals surface area contributed by atoms with Crippen LogP contribution >= 0.6 is 27.7 Å². The van der Waals surface area contributed by atoms with E-state index in [1.54, 1.807) is 11.8 Å². The highest BCUT2D eigenvalue weighted by molar-refractivity contribution is 9.10.